The van der Waals surface area contributed by atoms with Gasteiger partial charge in [0.1, 0.15) is 19.8 Å². The maximum Gasteiger partial charge on any atom is 0.472 e. The van der Waals surface area contributed by atoms with E-state index in [1.165, 1.54) is 25.7 Å². The summed E-state index contributed by atoms with van der Waals surface area (Å²) in [6.07, 6.45) is 39.0. The van der Waals surface area contributed by atoms with Gasteiger partial charge in [-0.2, -0.15) is 0 Å². The third kappa shape index (κ3) is 33.5. The van der Waals surface area contributed by atoms with E-state index in [-0.39, 0.29) is 44.3 Å². The molecule has 63 heavy (non-hydrogen) atoms. The van der Waals surface area contributed by atoms with Crippen LogP contribution >= 0.6 is 7.82 Å². The molecule has 12 nitrogen and oxygen atoms in total. The lowest BCUT2D eigenvalue weighted by molar-refractivity contribution is -0.870. The number of quaternary nitrogens is 1. The summed E-state index contributed by atoms with van der Waals surface area (Å²) in [5.74, 6) is -1.46. The predicted molar refractivity (Wildman–Crippen MR) is 254 cm³/mol. The Hall–Kier alpha value is -2.67. The van der Waals surface area contributed by atoms with Crippen LogP contribution in [0.4, 0.5) is 0 Å². The van der Waals surface area contributed by atoms with Gasteiger partial charge in [0.2, 0.25) is 0 Å². The van der Waals surface area contributed by atoms with Crippen LogP contribution in [0.25, 0.3) is 0 Å². The van der Waals surface area contributed by atoms with Crippen LogP contribution in [-0.4, -0.2) is 109 Å². The summed E-state index contributed by atoms with van der Waals surface area (Å²) >= 11 is 0. The average Bonchev–Trinajstić information content (AvgIpc) is 3.50. The molecule has 13 heteroatoms. The van der Waals surface area contributed by atoms with Gasteiger partial charge in [-0.15, -0.1) is 0 Å². The number of carbonyl (C=O) groups excluding carboxylic acids is 2. The maximum atomic E-state index is 12.8. The molecule has 0 aliphatic heterocycles. The number of phosphoric ester groups is 1. The number of allylic oxidation sites excluding steroid dienone is 10. The van der Waals surface area contributed by atoms with Gasteiger partial charge in [0.15, 0.2) is 6.10 Å². The zero-order valence-corrected chi connectivity index (χ0v) is 40.5. The Kier molecular flexibility index (Phi) is 33.8. The molecule has 0 radical (unpaired) electrons. The number of carbonyl (C=O) groups is 2. The first-order valence-electron chi connectivity index (χ1n) is 23.9. The summed E-state index contributed by atoms with van der Waals surface area (Å²) in [4.78, 5) is 35.6. The molecule has 0 heterocycles. The second-order valence-electron chi connectivity index (χ2n) is 17.8. The first kappa shape index (κ1) is 58.3. The zero-order chi connectivity index (χ0) is 46.6. The van der Waals surface area contributed by atoms with Gasteiger partial charge in [0, 0.05) is 25.2 Å². The molecule has 362 valence electrons. The normalized spacial score (nSPS) is 20.6. The number of hydrogen-bond acceptors (Lipinski definition) is 10. The van der Waals surface area contributed by atoms with Crippen LogP contribution in [-0.2, 0) is 32.7 Å². The highest BCUT2D eigenvalue weighted by atomic mass is 31.2. The molecule has 0 spiro atoms. The third-order valence-electron chi connectivity index (χ3n) is 10.8. The number of hydrogen-bond donors (Lipinski definition) is 4. The first-order chi connectivity index (χ1) is 30.2. The van der Waals surface area contributed by atoms with Crippen molar-refractivity contribution in [2.45, 2.75) is 173 Å². The van der Waals surface area contributed by atoms with E-state index in [0.29, 0.717) is 43.1 Å². The minimum Gasteiger partial charge on any atom is -0.462 e. The van der Waals surface area contributed by atoms with Crippen LogP contribution < -0.4 is 0 Å². The quantitative estimate of drug-likeness (QED) is 0.0153. The summed E-state index contributed by atoms with van der Waals surface area (Å²) < 4.78 is 34.3. The van der Waals surface area contributed by atoms with E-state index in [1.807, 2.05) is 39.4 Å². The molecule has 0 saturated heterocycles. The number of aliphatic hydroxyl groups excluding tert-OH is 3. The van der Waals surface area contributed by atoms with Crippen LogP contribution in [0.1, 0.15) is 149 Å². The van der Waals surface area contributed by atoms with Crippen molar-refractivity contribution in [2.24, 2.45) is 11.8 Å². The largest absolute Gasteiger partial charge is 0.472 e. The molecule has 4 N–H and O–H groups in total. The fraction of sp³-hybridized carbons (Fsp3) is 0.720. The first-order valence-corrected chi connectivity index (χ1v) is 25.4. The lowest BCUT2D eigenvalue weighted by Crippen LogP contribution is -2.37. The lowest BCUT2D eigenvalue weighted by Gasteiger charge is -2.24. The van der Waals surface area contributed by atoms with Crippen LogP contribution in [0.2, 0.25) is 0 Å². The van der Waals surface area contributed by atoms with E-state index in [1.54, 1.807) is 6.08 Å². The fourth-order valence-electron chi connectivity index (χ4n) is 6.93. The Labute approximate surface area is 381 Å². The van der Waals surface area contributed by atoms with Gasteiger partial charge in [0.05, 0.1) is 46.1 Å². The van der Waals surface area contributed by atoms with Gasteiger partial charge in [-0.3, -0.25) is 18.6 Å². The van der Waals surface area contributed by atoms with Crippen LogP contribution in [0, 0.1) is 11.8 Å². The number of nitrogens with zero attached hydrogens (tertiary/aromatic N) is 1. The van der Waals surface area contributed by atoms with Crippen molar-refractivity contribution in [3.8, 4) is 0 Å². The summed E-state index contributed by atoms with van der Waals surface area (Å²) in [6, 6.07) is 0. The maximum absolute atomic E-state index is 12.8. The highest BCUT2D eigenvalue weighted by Gasteiger charge is 2.39. The van der Waals surface area contributed by atoms with Gasteiger partial charge < -0.3 is 34.2 Å². The Bertz CT molecular complexity index is 1420. The van der Waals surface area contributed by atoms with Gasteiger partial charge in [-0.25, -0.2) is 4.57 Å². The molecule has 1 fully saturated rings. The van der Waals surface area contributed by atoms with Crippen molar-refractivity contribution >= 4 is 19.8 Å². The Morgan fingerprint density at radius 1 is 0.698 bits per heavy atom. The van der Waals surface area contributed by atoms with E-state index in [9.17, 15) is 34.4 Å². The van der Waals surface area contributed by atoms with E-state index in [4.69, 9.17) is 18.5 Å². The summed E-state index contributed by atoms with van der Waals surface area (Å²) in [5, 5.41) is 31.4. The van der Waals surface area contributed by atoms with Crippen molar-refractivity contribution in [1.29, 1.82) is 0 Å². The lowest BCUT2D eigenvalue weighted by atomic mass is 9.89. The van der Waals surface area contributed by atoms with Gasteiger partial charge >= 0.3 is 19.8 Å². The number of unbranched alkanes of at least 4 members (excludes halogenated alkanes) is 9. The van der Waals surface area contributed by atoms with Crippen molar-refractivity contribution in [3.63, 3.8) is 0 Å². The number of likely N-dealkylation sites (N-methyl/N-ethyl adjacent to an activating group) is 1. The second-order valence-corrected chi connectivity index (χ2v) is 19.2. The molecule has 0 aromatic rings. The van der Waals surface area contributed by atoms with Crippen molar-refractivity contribution in [1.82, 2.24) is 0 Å². The van der Waals surface area contributed by atoms with E-state index < -0.39 is 50.8 Å². The topological polar surface area (TPSA) is 169 Å². The number of aliphatic hydroxyl groups is 3. The van der Waals surface area contributed by atoms with Crippen molar-refractivity contribution in [3.05, 3.63) is 72.9 Å². The van der Waals surface area contributed by atoms with E-state index >= 15 is 0 Å². The molecule has 1 aliphatic rings. The summed E-state index contributed by atoms with van der Waals surface area (Å²) in [6.45, 7) is 3.96. The number of phosphoric acid groups is 1. The molecule has 0 aromatic heterocycles. The van der Waals surface area contributed by atoms with Gasteiger partial charge in [-0.1, -0.05) is 125 Å². The highest BCUT2D eigenvalue weighted by molar-refractivity contribution is 7.47. The smallest absolute Gasteiger partial charge is 0.462 e. The monoisotopic (exact) mass is 909 g/mol. The number of rotatable bonds is 38. The molecule has 0 amide bonds. The molecule has 1 saturated carbocycles. The molecule has 7 atom stereocenters. The Morgan fingerprint density at radius 3 is 1.90 bits per heavy atom. The minimum atomic E-state index is -4.46. The van der Waals surface area contributed by atoms with Crippen molar-refractivity contribution < 1.29 is 57.4 Å². The van der Waals surface area contributed by atoms with Crippen molar-refractivity contribution in [2.75, 3.05) is 47.5 Å². The molecular formula is C50H87NO11P+. The molecule has 0 bridgehead atoms. The molecule has 1 rings (SSSR count). The Morgan fingerprint density at radius 2 is 1.27 bits per heavy atom. The van der Waals surface area contributed by atoms with E-state index in [2.05, 4.69) is 62.5 Å². The molecule has 1 unspecified atom stereocenters. The minimum absolute atomic E-state index is 0.0213. The van der Waals surface area contributed by atoms with Gasteiger partial charge in [0.25, 0.3) is 0 Å². The molecule has 0 aromatic carbocycles. The second kappa shape index (κ2) is 36.5. The Balaban J connectivity index is 2.50. The molecule has 1 aliphatic carbocycles. The van der Waals surface area contributed by atoms with Crippen LogP contribution in [0.15, 0.2) is 72.9 Å². The van der Waals surface area contributed by atoms with Crippen LogP contribution in [0.3, 0.4) is 0 Å². The van der Waals surface area contributed by atoms with Crippen LogP contribution in [0.5, 0.6) is 0 Å². The third-order valence-corrected chi connectivity index (χ3v) is 11.8. The van der Waals surface area contributed by atoms with E-state index in [0.717, 1.165) is 57.8 Å². The summed E-state index contributed by atoms with van der Waals surface area (Å²) in [5.41, 5.74) is 0. The predicted octanol–water partition coefficient (Wildman–Crippen LogP) is 10.2. The fourth-order valence-corrected chi connectivity index (χ4v) is 7.67. The SMILES string of the molecule is CCCCC/C=C\C/C=C\C/C=C\C/C=C\CCCCCC(=O)OC[C@H](COP(=O)(O)OCC[N+](C)(C)C)OC(=O)CCC/C=C/C[C@@H]1[C@@H](/C=C/[C@@H](O)CCCCC)[C@H](O)C[C@@H]1O. The number of esters is 2. The van der Waals surface area contributed by atoms with Gasteiger partial charge in [-0.05, 0) is 83.0 Å². The number of ether oxygens (including phenoxy) is 2. The standard InChI is InChI=1S/C50H86NO11P/c1-6-8-10-11-12-13-14-15-16-17-18-19-20-21-22-23-24-25-30-34-49(55)59-41-44(42-61-63(57,58)60-39-38-51(3,4)5)62-50(56)35-31-27-26-29-33-45-46(48(54)40-47(45)53)37-36-43(52)32-28-9-7-2/h12-13,15-16,18-19,21-22,26,29,36-37,43-48,52-54H,6-11,14,17,20,23-25,27-28,30-35,38-42H2,1-5H3/p+1/b13-12-,16-15-,19-18-,22-21-,29-26+,37-36+/t43-,44+,45+,46+,47-,48+/m0/s1. The summed E-state index contributed by atoms with van der Waals surface area (Å²) in [7, 11) is 1.30. The molecular weight excluding hydrogens is 822 g/mol. The highest BCUT2D eigenvalue weighted by Crippen LogP contribution is 2.43. The average molecular weight is 909 g/mol. The zero-order valence-electron chi connectivity index (χ0n) is 39.6.